The highest BCUT2D eigenvalue weighted by Gasteiger charge is 2.16. The standard InChI is InChI=1S/C23H22ClN3O2/c1-16-20(13-18(14-25)23(28)26-11-12-29-2)19-8-4-6-10-22(19)27(16)15-17-7-3-5-9-21(17)24/h3-10,13H,11-12,15H2,1-2H3,(H,26,28)/b18-13+. The monoisotopic (exact) mass is 407 g/mol. The normalized spacial score (nSPS) is 11.4. The van der Waals surface area contributed by atoms with Crippen LogP contribution in [0.1, 0.15) is 16.8 Å². The SMILES string of the molecule is COCCNC(=O)/C(C#N)=C/c1c(C)n(Cc2ccccc2Cl)c2ccccc12. The first kappa shape index (κ1) is 20.7. The zero-order chi connectivity index (χ0) is 20.8. The van der Waals surface area contributed by atoms with Crippen LogP contribution >= 0.6 is 11.6 Å². The second-order valence-electron chi connectivity index (χ2n) is 6.61. The summed E-state index contributed by atoms with van der Waals surface area (Å²) in [5.41, 5.74) is 3.90. The van der Waals surface area contributed by atoms with Gasteiger partial charge in [-0.1, -0.05) is 48.0 Å². The minimum Gasteiger partial charge on any atom is -0.383 e. The molecule has 3 aromatic rings. The molecule has 148 valence electrons. The molecule has 0 aliphatic heterocycles. The maximum Gasteiger partial charge on any atom is 0.262 e. The van der Waals surface area contributed by atoms with Crippen LogP contribution < -0.4 is 5.32 Å². The largest absolute Gasteiger partial charge is 0.383 e. The van der Waals surface area contributed by atoms with Gasteiger partial charge in [-0.3, -0.25) is 4.79 Å². The number of nitrogens with one attached hydrogen (secondary N) is 1. The van der Waals surface area contributed by atoms with Crippen LogP contribution in [0.5, 0.6) is 0 Å². The molecule has 0 fully saturated rings. The van der Waals surface area contributed by atoms with E-state index in [9.17, 15) is 10.1 Å². The lowest BCUT2D eigenvalue weighted by Gasteiger charge is -2.10. The van der Waals surface area contributed by atoms with Crippen LogP contribution in [0.2, 0.25) is 5.02 Å². The Morgan fingerprint density at radius 3 is 2.69 bits per heavy atom. The van der Waals surface area contributed by atoms with Crippen LogP contribution in [-0.4, -0.2) is 30.7 Å². The Morgan fingerprint density at radius 1 is 1.24 bits per heavy atom. The number of rotatable bonds is 7. The number of para-hydroxylation sites is 1. The van der Waals surface area contributed by atoms with E-state index < -0.39 is 5.91 Å². The number of fused-ring (bicyclic) bond motifs is 1. The minimum atomic E-state index is -0.410. The number of halogens is 1. The summed E-state index contributed by atoms with van der Waals surface area (Å²) >= 11 is 6.36. The van der Waals surface area contributed by atoms with Crippen molar-refractivity contribution in [1.82, 2.24) is 9.88 Å². The summed E-state index contributed by atoms with van der Waals surface area (Å²) in [5, 5.41) is 13.9. The predicted molar refractivity (Wildman–Crippen MR) is 116 cm³/mol. The number of ether oxygens (including phenoxy) is 1. The summed E-state index contributed by atoms with van der Waals surface area (Å²) in [7, 11) is 1.56. The number of amides is 1. The van der Waals surface area contributed by atoms with Gasteiger partial charge in [0.05, 0.1) is 6.61 Å². The zero-order valence-corrected chi connectivity index (χ0v) is 17.2. The molecule has 0 saturated carbocycles. The molecular formula is C23H22ClN3O2. The fourth-order valence-corrected chi connectivity index (χ4v) is 3.49. The van der Waals surface area contributed by atoms with Crippen LogP contribution in [0.25, 0.3) is 17.0 Å². The molecule has 0 bridgehead atoms. The van der Waals surface area contributed by atoms with Gasteiger partial charge in [-0.25, -0.2) is 0 Å². The van der Waals surface area contributed by atoms with E-state index in [0.29, 0.717) is 24.7 Å². The van der Waals surface area contributed by atoms with Crippen LogP contribution in [0.15, 0.2) is 54.1 Å². The number of nitriles is 1. The highest BCUT2D eigenvalue weighted by molar-refractivity contribution is 6.31. The van der Waals surface area contributed by atoms with E-state index in [1.165, 1.54) is 0 Å². The molecule has 29 heavy (non-hydrogen) atoms. The first-order valence-electron chi connectivity index (χ1n) is 9.27. The summed E-state index contributed by atoms with van der Waals surface area (Å²) in [6.07, 6.45) is 1.66. The molecule has 0 saturated heterocycles. The zero-order valence-electron chi connectivity index (χ0n) is 16.4. The van der Waals surface area contributed by atoms with E-state index in [0.717, 1.165) is 27.7 Å². The number of aromatic nitrogens is 1. The Kier molecular flexibility index (Phi) is 6.71. The Balaban J connectivity index is 2.05. The minimum absolute atomic E-state index is 0.0600. The molecule has 0 radical (unpaired) electrons. The topological polar surface area (TPSA) is 67.0 Å². The number of hydrogen-bond acceptors (Lipinski definition) is 3. The van der Waals surface area contributed by atoms with Crippen molar-refractivity contribution in [3.8, 4) is 6.07 Å². The molecule has 0 atom stereocenters. The van der Waals surface area contributed by atoms with Crippen LogP contribution in [0.3, 0.4) is 0 Å². The first-order valence-corrected chi connectivity index (χ1v) is 9.64. The maximum absolute atomic E-state index is 12.4. The Morgan fingerprint density at radius 2 is 1.97 bits per heavy atom. The molecule has 1 aromatic heterocycles. The van der Waals surface area contributed by atoms with E-state index in [2.05, 4.69) is 9.88 Å². The lowest BCUT2D eigenvalue weighted by molar-refractivity contribution is -0.117. The van der Waals surface area contributed by atoms with E-state index >= 15 is 0 Å². The number of methoxy groups -OCH3 is 1. The average Bonchev–Trinajstić information content (AvgIpc) is 2.99. The van der Waals surface area contributed by atoms with Crippen molar-refractivity contribution in [3.63, 3.8) is 0 Å². The molecule has 0 unspecified atom stereocenters. The third kappa shape index (κ3) is 4.51. The number of carbonyl (C=O) groups excluding carboxylic acids is 1. The third-order valence-corrected chi connectivity index (χ3v) is 5.18. The van der Waals surface area contributed by atoms with Crippen LogP contribution in [0, 0.1) is 18.3 Å². The quantitative estimate of drug-likeness (QED) is 0.360. The molecule has 6 heteroatoms. The average molecular weight is 408 g/mol. The lowest BCUT2D eigenvalue weighted by atomic mass is 10.1. The van der Waals surface area contributed by atoms with Gasteiger partial charge < -0.3 is 14.6 Å². The fraction of sp³-hybridized carbons (Fsp3) is 0.217. The van der Waals surface area contributed by atoms with Crippen molar-refractivity contribution in [3.05, 3.63) is 75.9 Å². The number of hydrogen-bond donors (Lipinski definition) is 1. The van der Waals surface area contributed by atoms with Crippen molar-refractivity contribution in [1.29, 1.82) is 5.26 Å². The summed E-state index contributed by atoms with van der Waals surface area (Å²) in [5.74, 6) is -0.410. The number of benzene rings is 2. The second kappa shape index (κ2) is 9.42. The third-order valence-electron chi connectivity index (χ3n) is 4.81. The lowest BCUT2D eigenvalue weighted by Crippen LogP contribution is -2.27. The van der Waals surface area contributed by atoms with Crippen molar-refractivity contribution in [2.75, 3.05) is 20.3 Å². The van der Waals surface area contributed by atoms with Gasteiger partial charge in [-0.15, -0.1) is 0 Å². The van der Waals surface area contributed by atoms with Crippen molar-refractivity contribution >= 4 is 34.5 Å². The Labute approximate surface area is 175 Å². The van der Waals surface area contributed by atoms with E-state index in [1.807, 2.05) is 61.5 Å². The highest BCUT2D eigenvalue weighted by Crippen LogP contribution is 2.29. The smallest absolute Gasteiger partial charge is 0.262 e. The van der Waals surface area contributed by atoms with Gasteiger partial charge in [0.15, 0.2) is 0 Å². The number of carbonyl (C=O) groups is 1. The summed E-state index contributed by atoms with van der Waals surface area (Å²) in [6, 6.07) is 17.7. The van der Waals surface area contributed by atoms with Gasteiger partial charge in [-0.2, -0.15) is 5.26 Å². The van der Waals surface area contributed by atoms with E-state index in [-0.39, 0.29) is 5.57 Å². The molecule has 0 aliphatic rings. The molecule has 0 aliphatic carbocycles. The molecule has 1 heterocycles. The summed E-state index contributed by atoms with van der Waals surface area (Å²) < 4.78 is 7.09. The van der Waals surface area contributed by atoms with Crippen molar-refractivity contribution in [2.45, 2.75) is 13.5 Å². The Bertz CT molecular complexity index is 1110. The van der Waals surface area contributed by atoms with Gasteiger partial charge in [0.1, 0.15) is 11.6 Å². The second-order valence-corrected chi connectivity index (χ2v) is 7.02. The highest BCUT2D eigenvalue weighted by atomic mass is 35.5. The predicted octanol–water partition coefficient (Wildman–Crippen LogP) is 4.32. The molecule has 5 nitrogen and oxygen atoms in total. The van der Waals surface area contributed by atoms with Gasteiger partial charge >= 0.3 is 0 Å². The van der Waals surface area contributed by atoms with Crippen LogP contribution in [0.4, 0.5) is 0 Å². The fourth-order valence-electron chi connectivity index (χ4n) is 3.30. The van der Waals surface area contributed by atoms with Gasteiger partial charge in [0.25, 0.3) is 5.91 Å². The molecule has 2 aromatic carbocycles. The van der Waals surface area contributed by atoms with Crippen LogP contribution in [-0.2, 0) is 16.1 Å². The van der Waals surface area contributed by atoms with Crippen molar-refractivity contribution in [2.24, 2.45) is 0 Å². The molecule has 0 spiro atoms. The van der Waals surface area contributed by atoms with Gasteiger partial charge in [0, 0.05) is 47.4 Å². The Hall–Kier alpha value is -3.07. The van der Waals surface area contributed by atoms with Gasteiger partial charge in [-0.05, 0) is 30.7 Å². The van der Waals surface area contributed by atoms with Crippen molar-refractivity contribution < 1.29 is 9.53 Å². The maximum atomic E-state index is 12.4. The molecule has 3 rings (SSSR count). The summed E-state index contributed by atoms with van der Waals surface area (Å²) in [6.45, 7) is 3.32. The summed E-state index contributed by atoms with van der Waals surface area (Å²) in [4.78, 5) is 12.4. The van der Waals surface area contributed by atoms with Gasteiger partial charge in [0.2, 0.25) is 0 Å². The number of nitrogens with zero attached hydrogens (tertiary/aromatic N) is 2. The van der Waals surface area contributed by atoms with E-state index in [4.69, 9.17) is 16.3 Å². The van der Waals surface area contributed by atoms with E-state index in [1.54, 1.807) is 13.2 Å². The molecule has 1 N–H and O–H groups in total. The first-order chi connectivity index (χ1) is 14.1. The molecule has 1 amide bonds. The molecular weight excluding hydrogens is 386 g/mol.